The molecule has 2 heterocycles. The van der Waals surface area contributed by atoms with Crippen molar-refractivity contribution in [3.05, 3.63) is 11.8 Å². The first-order valence-corrected chi connectivity index (χ1v) is 7.00. The number of anilines is 2. The molecule has 0 spiro atoms. The van der Waals surface area contributed by atoms with Gasteiger partial charge in [0.1, 0.15) is 5.82 Å². The Morgan fingerprint density at radius 1 is 1.20 bits per heavy atom. The maximum atomic E-state index is 4.64. The van der Waals surface area contributed by atoms with Gasteiger partial charge in [0.2, 0.25) is 5.95 Å². The third kappa shape index (κ3) is 3.61. The van der Waals surface area contributed by atoms with Gasteiger partial charge in [-0.3, -0.25) is 4.90 Å². The van der Waals surface area contributed by atoms with Crippen LogP contribution in [0.15, 0.2) is 6.07 Å². The molecule has 0 atom stereocenters. The molecule has 0 unspecified atom stereocenters. The molecule has 5 heteroatoms. The van der Waals surface area contributed by atoms with Gasteiger partial charge in [0.05, 0.1) is 6.54 Å². The molecule has 0 N–H and O–H groups in total. The van der Waals surface area contributed by atoms with Crippen molar-refractivity contribution in [2.24, 2.45) is 0 Å². The van der Waals surface area contributed by atoms with Crippen molar-refractivity contribution in [1.82, 2.24) is 14.9 Å². The van der Waals surface area contributed by atoms with Crippen LogP contribution in [-0.4, -0.2) is 61.7 Å². The lowest BCUT2D eigenvalue weighted by Crippen LogP contribution is -2.46. The Kier molecular flexibility index (Phi) is 4.80. The molecule has 2 rings (SSSR count). The molecule has 0 aromatic carbocycles. The maximum Gasteiger partial charge on any atom is 0.226 e. The SMILES string of the molecule is CC#CCN1CCN(c2cc(C)nc(N(C)C)n2)CC1. The van der Waals surface area contributed by atoms with Crippen molar-refractivity contribution in [2.75, 3.05) is 56.6 Å². The average Bonchev–Trinajstić information content (AvgIpc) is 2.45. The first-order chi connectivity index (χ1) is 9.60. The second-order valence-corrected chi connectivity index (χ2v) is 5.25. The number of nitrogens with zero attached hydrogens (tertiary/aromatic N) is 5. The highest BCUT2D eigenvalue weighted by Gasteiger charge is 2.18. The van der Waals surface area contributed by atoms with E-state index in [0.29, 0.717) is 0 Å². The summed E-state index contributed by atoms with van der Waals surface area (Å²) in [6.45, 7) is 8.84. The molecule has 1 fully saturated rings. The number of aromatic nitrogens is 2. The number of hydrogen-bond donors (Lipinski definition) is 0. The molecule has 5 nitrogen and oxygen atoms in total. The van der Waals surface area contributed by atoms with Gasteiger partial charge in [0.25, 0.3) is 0 Å². The van der Waals surface area contributed by atoms with Crippen molar-refractivity contribution in [2.45, 2.75) is 13.8 Å². The van der Waals surface area contributed by atoms with Crippen LogP contribution in [0.1, 0.15) is 12.6 Å². The lowest BCUT2D eigenvalue weighted by Gasteiger charge is -2.34. The van der Waals surface area contributed by atoms with Crippen LogP contribution in [-0.2, 0) is 0 Å². The second kappa shape index (κ2) is 6.58. The lowest BCUT2D eigenvalue weighted by molar-refractivity contribution is 0.287. The molecule has 1 aliphatic heterocycles. The highest BCUT2D eigenvalue weighted by molar-refractivity contribution is 5.45. The van der Waals surface area contributed by atoms with Gasteiger partial charge < -0.3 is 9.80 Å². The maximum absolute atomic E-state index is 4.64. The first kappa shape index (κ1) is 14.6. The summed E-state index contributed by atoms with van der Waals surface area (Å²) in [5.74, 6) is 7.89. The van der Waals surface area contributed by atoms with Gasteiger partial charge in [-0.15, -0.1) is 5.92 Å². The van der Waals surface area contributed by atoms with E-state index in [2.05, 4.69) is 37.7 Å². The van der Waals surface area contributed by atoms with Crippen LogP contribution in [0.2, 0.25) is 0 Å². The van der Waals surface area contributed by atoms with Crippen LogP contribution in [0.5, 0.6) is 0 Å². The molecule has 20 heavy (non-hydrogen) atoms. The van der Waals surface area contributed by atoms with Crippen LogP contribution in [0.4, 0.5) is 11.8 Å². The summed E-state index contributed by atoms with van der Waals surface area (Å²) in [5.41, 5.74) is 1.01. The third-order valence-corrected chi connectivity index (χ3v) is 3.40. The molecule has 0 aliphatic carbocycles. The fraction of sp³-hybridized carbons (Fsp3) is 0.600. The minimum absolute atomic E-state index is 0.777. The highest BCUT2D eigenvalue weighted by atomic mass is 15.3. The van der Waals surface area contributed by atoms with E-state index in [9.17, 15) is 0 Å². The summed E-state index contributed by atoms with van der Waals surface area (Å²) in [5, 5.41) is 0. The molecule has 1 aromatic heterocycles. The van der Waals surface area contributed by atoms with Crippen LogP contribution in [0, 0.1) is 18.8 Å². The smallest absolute Gasteiger partial charge is 0.226 e. The Morgan fingerprint density at radius 2 is 1.90 bits per heavy atom. The van der Waals surface area contributed by atoms with Gasteiger partial charge in [-0.2, -0.15) is 4.98 Å². The van der Waals surface area contributed by atoms with E-state index in [-0.39, 0.29) is 0 Å². The Balaban J connectivity index is 2.04. The summed E-state index contributed by atoms with van der Waals surface area (Å²) in [7, 11) is 3.94. The van der Waals surface area contributed by atoms with Crippen LogP contribution < -0.4 is 9.80 Å². The highest BCUT2D eigenvalue weighted by Crippen LogP contribution is 2.17. The third-order valence-electron chi connectivity index (χ3n) is 3.40. The predicted molar refractivity (Wildman–Crippen MR) is 83.2 cm³/mol. The number of aryl methyl sites for hydroxylation is 1. The average molecular weight is 273 g/mol. The standard InChI is InChI=1S/C15H23N5/c1-5-6-7-19-8-10-20(11-9-19)14-12-13(2)16-15(17-14)18(3)4/h12H,7-11H2,1-4H3. The zero-order valence-corrected chi connectivity index (χ0v) is 12.8. The lowest BCUT2D eigenvalue weighted by atomic mass is 10.3. The Morgan fingerprint density at radius 3 is 2.50 bits per heavy atom. The molecule has 108 valence electrons. The molecule has 1 aliphatic rings. The van der Waals surface area contributed by atoms with Crippen molar-refractivity contribution < 1.29 is 0 Å². The first-order valence-electron chi connectivity index (χ1n) is 7.00. The van der Waals surface area contributed by atoms with Crippen LogP contribution >= 0.6 is 0 Å². The van der Waals surface area contributed by atoms with E-state index in [1.165, 1.54) is 0 Å². The van der Waals surface area contributed by atoms with Crippen molar-refractivity contribution in [1.29, 1.82) is 0 Å². The van der Waals surface area contributed by atoms with Crippen molar-refractivity contribution in [3.8, 4) is 11.8 Å². The zero-order chi connectivity index (χ0) is 14.5. The van der Waals surface area contributed by atoms with Gasteiger partial charge >= 0.3 is 0 Å². The summed E-state index contributed by atoms with van der Waals surface area (Å²) in [6.07, 6.45) is 0. The Labute approximate surface area is 121 Å². The minimum Gasteiger partial charge on any atom is -0.354 e. The fourth-order valence-corrected chi connectivity index (χ4v) is 2.22. The fourth-order valence-electron chi connectivity index (χ4n) is 2.22. The van der Waals surface area contributed by atoms with E-state index in [1.807, 2.05) is 32.8 Å². The molecule has 1 saturated heterocycles. The normalized spacial score (nSPS) is 15.7. The minimum atomic E-state index is 0.777. The summed E-state index contributed by atoms with van der Waals surface area (Å²) in [4.78, 5) is 15.7. The molecule has 0 radical (unpaired) electrons. The summed E-state index contributed by atoms with van der Waals surface area (Å²) >= 11 is 0. The van der Waals surface area contributed by atoms with Crippen molar-refractivity contribution >= 4 is 11.8 Å². The van der Waals surface area contributed by atoms with Gasteiger partial charge in [0, 0.05) is 52.0 Å². The number of rotatable bonds is 3. The summed E-state index contributed by atoms with van der Waals surface area (Å²) in [6, 6.07) is 2.06. The molecule has 0 bridgehead atoms. The molecule has 0 saturated carbocycles. The Bertz CT molecular complexity index is 507. The second-order valence-electron chi connectivity index (χ2n) is 5.25. The van der Waals surface area contributed by atoms with Crippen LogP contribution in [0.3, 0.4) is 0 Å². The zero-order valence-electron chi connectivity index (χ0n) is 12.8. The molecular weight excluding hydrogens is 250 g/mol. The van der Waals surface area contributed by atoms with E-state index in [0.717, 1.165) is 50.2 Å². The predicted octanol–water partition coefficient (Wildman–Crippen LogP) is 0.996. The monoisotopic (exact) mass is 273 g/mol. The molecule has 0 amide bonds. The van der Waals surface area contributed by atoms with Crippen molar-refractivity contribution in [3.63, 3.8) is 0 Å². The number of hydrogen-bond acceptors (Lipinski definition) is 5. The van der Waals surface area contributed by atoms with Gasteiger partial charge in [0.15, 0.2) is 0 Å². The Hall–Kier alpha value is -1.80. The van der Waals surface area contributed by atoms with Gasteiger partial charge in [-0.05, 0) is 13.8 Å². The van der Waals surface area contributed by atoms with Gasteiger partial charge in [-0.25, -0.2) is 4.98 Å². The molecule has 1 aromatic rings. The largest absolute Gasteiger partial charge is 0.354 e. The van der Waals surface area contributed by atoms with Gasteiger partial charge in [-0.1, -0.05) is 5.92 Å². The molecular formula is C15H23N5. The van der Waals surface area contributed by atoms with E-state index in [4.69, 9.17) is 0 Å². The summed E-state index contributed by atoms with van der Waals surface area (Å²) < 4.78 is 0. The topological polar surface area (TPSA) is 35.5 Å². The van der Waals surface area contributed by atoms with E-state index in [1.54, 1.807) is 0 Å². The quantitative estimate of drug-likeness (QED) is 0.768. The van der Waals surface area contributed by atoms with E-state index >= 15 is 0 Å². The number of piperazine rings is 1. The van der Waals surface area contributed by atoms with Crippen LogP contribution in [0.25, 0.3) is 0 Å². The van der Waals surface area contributed by atoms with E-state index < -0.39 is 0 Å².